The van der Waals surface area contributed by atoms with Crippen molar-refractivity contribution in [3.8, 4) is 0 Å². The molecule has 1 aliphatic carbocycles. The van der Waals surface area contributed by atoms with Gasteiger partial charge in [-0.05, 0) is 12.8 Å². The molecule has 1 fully saturated rings. The molecule has 2 rings (SSSR count). The number of rotatable bonds is 2. The fourth-order valence-electron chi connectivity index (χ4n) is 1.60. The predicted octanol–water partition coefficient (Wildman–Crippen LogP) is 1.57. The lowest BCUT2D eigenvalue weighted by molar-refractivity contribution is 0.214. The zero-order valence-corrected chi connectivity index (χ0v) is 7.34. The molecule has 0 bridgehead atoms. The van der Waals surface area contributed by atoms with Crippen molar-refractivity contribution in [3.05, 3.63) is 17.8 Å². The van der Waals surface area contributed by atoms with Gasteiger partial charge in [0.05, 0.1) is 5.69 Å². The third kappa shape index (κ3) is 1.05. The molecule has 0 amide bonds. The number of nitrogens with two attached hydrogens (primary N) is 1. The molecule has 0 atom stereocenters. The first-order chi connectivity index (χ1) is 5.74. The van der Waals surface area contributed by atoms with Gasteiger partial charge in [0, 0.05) is 12.0 Å². The number of nitrogens with zero attached hydrogens (tertiary/aromatic N) is 1. The summed E-state index contributed by atoms with van der Waals surface area (Å²) in [6.45, 7) is 2.67. The second-order valence-electron chi connectivity index (χ2n) is 3.76. The maximum atomic E-state index is 5.44. The zero-order valence-electron chi connectivity index (χ0n) is 7.34. The smallest absolute Gasteiger partial charge is 0.200 e. The topological polar surface area (TPSA) is 52.0 Å². The summed E-state index contributed by atoms with van der Waals surface area (Å²) in [6.07, 6.45) is 5.34. The molecular weight excluding hydrogens is 152 g/mol. The Morgan fingerprint density at radius 2 is 2.42 bits per heavy atom. The molecule has 66 valence electrons. The molecule has 1 aliphatic rings. The highest BCUT2D eigenvalue weighted by Crippen LogP contribution is 2.42. The first-order valence-electron chi connectivity index (χ1n) is 4.39. The van der Waals surface area contributed by atoms with Crippen molar-refractivity contribution in [2.45, 2.75) is 38.1 Å². The third-order valence-corrected chi connectivity index (χ3v) is 2.73. The molecule has 1 aromatic heterocycles. The van der Waals surface area contributed by atoms with Crippen LogP contribution in [0.1, 0.15) is 37.8 Å². The predicted molar refractivity (Wildman–Crippen MR) is 45.6 cm³/mol. The fourth-order valence-corrected chi connectivity index (χ4v) is 1.60. The summed E-state index contributed by atoms with van der Waals surface area (Å²) < 4.78 is 5.37. The van der Waals surface area contributed by atoms with E-state index in [4.69, 9.17) is 10.2 Å². The monoisotopic (exact) mass is 166 g/mol. The summed E-state index contributed by atoms with van der Waals surface area (Å²) in [5.41, 5.74) is 6.50. The number of hydrogen-bond donors (Lipinski definition) is 1. The quantitative estimate of drug-likeness (QED) is 0.725. The molecule has 3 heteroatoms. The Labute approximate surface area is 72.0 Å². The second kappa shape index (κ2) is 2.59. The highest BCUT2D eigenvalue weighted by atomic mass is 16.3. The van der Waals surface area contributed by atoms with Crippen LogP contribution in [0.4, 0.5) is 0 Å². The highest BCUT2D eigenvalue weighted by Gasteiger charge is 2.37. The van der Waals surface area contributed by atoms with E-state index in [-0.39, 0.29) is 5.41 Å². The van der Waals surface area contributed by atoms with Gasteiger partial charge < -0.3 is 10.2 Å². The van der Waals surface area contributed by atoms with E-state index in [0.717, 1.165) is 11.6 Å². The molecule has 1 saturated carbocycles. The van der Waals surface area contributed by atoms with Crippen LogP contribution in [0.3, 0.4) is 0 Å². The summed E-state index contributed by atoms with van der Waals surface area (Å²) in [5.74, 6) is 0.870. The molecule has 12 heavy (non-hydrogen) atoms. The van der Waals surface area contributed by atoms with Crippen LogP contribution in [-0.2, 0) is 12.0 Å². The largest absolute Gasteiger partial charge is 0.448 e. The van der Waals surface area contributed by atoms with E-state index in [1.807, 2.05) is 0 Å². The van der Waals surface area contributed by atoms with Crippen LogP contribution in [0.2, 0.25) is 0 Å². The second-order valence-corrected chi connectivity index (χ2v) is 3.76. The minimum Gasteiger partial charge on any atom is -0.448 e. The van der Waals surface area contributed by atoms with E-state index >= 15 is 0 Å². The summed E-state index contributed by atoms with van der Waals surface area (Å²) >= 11 is 0. The molecule has 0 unspecified atom stereocenters. The minimum atomic E-state index is 0.202. The lowest BCUT2D eigenvalue weighted by Crippen LogP contribution is -2.30. The molecule has 2 N–H and O–H groups in total. The highest BCUT2D eigenvalue weighted by molar-refractivity contribution is 5.10. The van der Waals surface area contributed by atoms with Crippen LogP contribution in [0.15, 0.2) is 10.7 Å². The summed E-state index contributed by atoms with van der Waals surface area (Å²) in [4.78, 5) is 4.33. The molecule has 1 aromatic rings. The van der Waals surface area contributed by atoms with Gasteiger partial charge in [-0.25, -0.2) is 4.98 Å². The number of aromatic nitrogens is 1. The normalized spacial score (nSPS) is 20.5. The van der Waals surface area contributed by atoms with Gasteiger partial charge in [0.2, 0.25) is 0 Å². The van der Waals surface area contributed by atoms with E-state index in [0.29, 0.717) is 6.54 Å². The van der Waals surface area contributed by atoms with E-state index < -0.39 is 0 Å². The van der Waals surface area contributed by atoms with Crippen molar-refractivity contribution in [3.63, 3.8) is 0 Å². The molecule has 0 radical (unpaired) electrons. The summed E-state index contributed by atoms with van der Waals surface area (Å²) in [6, 6.07) is 0. The number of oxazole rings is 1. The lowest BCUT2D eigenvalue weighted by Gasteiger charge is -2.34. The van der Waals surface area contributed by atoms with Gasteiger partial charge in [-0.1, -0.05) is 13.3 Å². The van der Waals surface area contributed by atoms with Crippen molar-refractivity contribution in [2.24, 2.45) is 5.73 Å². The van der Waals surface area contributed by atoms with Crippen molar-refractivity contribution in [1.29, 1.82) is 0 Å². The maximum absolute atomic E-state index is 5.44. The Kier molecular flexibility index (Phi) is 1.68. The molecule has 3 nitrogen and oxygen atoms in total. The van der Waals surface area contributed by atoms with Gasteiger partial charge in [0.1, 0.15) is 6.26 Å². The van der Waals surface area contributed by atoms with Crippen LogP contribution >= 0.6 is 0 Å². The van der Waals surface area contributed by atoms with Gasteiger partial charge in [0.25, 0.3) is 0 Å². The average Bonchev–Trinajstić information content (AvgIpc) is 2.48. The number of hydrogen-bond acceptors (Lipinski definition) is 3. The Balaban J connectivity index is 2.22. The molecule has 0 saturated heterocycles. The van der Waals surface area contributed by atoms with E-state index in [1.165, 1.54) is 19.3 Å². The van der Waals surface area contributed by atoms with Gasteiger partial charge >= 0.3 is 0 Å². The Bertz CT molecular complexity index is 276. The van der Waals surface area contributed by atoms with Crippen LogP contribution < -0.4 is 5.73 Å². The standard InChI is InChI=1S/C9H14N2O/c1-9(3-2-4-9)8-11-7(5-10)6-12-8/h6H,2-5,10H2,1H3. The maximum Gasteiger partial charge on any atom is 0.200 e. The molecule has 0 spiro atoms. The Morgan fingerprint density at radius 3 is 2.83 bits per heavy atom. The van der Waals surface area contributed by atoms with Crippen LogP contribution in [0.25, 0.3) is 0 Å². The third-order valence-electron chi connectivity index (χ3n) is 2.73. The van der Waals surface area contributed by atoms with Crippen molar-refractivity contribution >= 4 is 0 Å². The van der Waals surface area contributed by atoms with E-state index in [2.05, 4.69) is 11.9 Å². The van der Waals surface area contributed by atoms with Crippen molar-refractivity contribution < 1.29 is 4.42 Å². The zero-order chi connectivity index (χ0) is 8.60. The van der Waals surface area contributed by atoms with Crippen molar-refractivity contribution in [1.82, 2.24) is 4.98 Å². The van der Waals surface area contributed by atoms with Crippen LogP contribution in [0, 0.1) is 0 Å². The average molecular weight is 166 g/mol. The van der Waals surface area contributed by atoms with Crippen LogP contribution in [0.5, 0.6) is 0 Å². The van der Waals surface area contributed by atoms with Gasteiger partial charge in [-0.15, -0.1) is 0 Å². The Morgan fingerprint density at radius 1 is 1.67 bits per heavy atom. The fraction of sp³-hybridized carbons (Fsp3) is 0.667. The molecular formula is C9H14N2O. The van der Waals surface area contributed by atoms with E-state index in [9.17, 15) is 0 Å². The molecule has 0 aliphatic heterocycles. The SMILES string of the molecule is CC1(c2nc(CN)co2)CCC1. The lowest BCUT2D eigenvalue weighted by atomic mass is 9.70. The molecule has 0 aromatic carbocycles. The summed E-state index contributed by atoms with van der Waals surface area (Å²) in [7, 11) is 0. The minimum absolute atomic E-state index is 0.202. The Hall–Kier alpha value is -0.830. The van der Waals surface area contributed by atoms with E-state index in [1.54, 1.807) is 6.26 Å². The molecule has 1 heterocycles. The van der Waals surface area contributed by atoms with Gasteiger partial charge in [-0.3, -0.25) is 0 Å². The first-order valence-corrected chi connectivity index (χ1v) is 4.39. The first kappa shape index (κ1) is 7.80. The summed E-state index contributed by atoms with van der Waals surface area (Å²) in [5, 5.41) is 0. The van der Waals surface area contributed by atoms with Gasteiger partial charge in [-0.2, -0.15) is 0 Å². The van der Waals surface area contributed by atoms with Crippen molar-refractivity contribution in [2.75, 3.05) is 0 Å². The van der Waals surface area contributed by atoms with Crippen LogP contribution in [-0.4, -0.2) is 4.98 Å². The van der Waals surface area contributed by atoms with Gasteiger partial charge in [0.15, 0.2) is 5.89 Å².